The molecule has 5 aliphatic heterocycles. The molecule has 5 amide bonds. The molecule has 15 rings (SSSR count). The van der Waals surface area contributed by atoms with Crippen molar-refractivity contribution in [2.45, 2.75) is 314 Å². The SMILES string of the molecule is CCCCC[C@@H](F)c1ccc(N2C(=O)CC[C@@H]2COCc2csc(C(=O)O)c2)cc1.CCCCC[C@@H](F)c1ccc(N2C(=O)CC[C@@H]2CSc2nc(C(=O)O)cs2)cc1.CCCCC[C@@H](O)c1ccc(N2C(=O)CC[C@@H]2CSc2nc(C(=O)O)cs2)cc1.CCCCC[C@H](F)c1ccc(N2C(=O)CC[C@@H]2COCc2csc(C(=O)O)c2)cc1.CCCCC[C@H](F)c1ccc(N2C(=O)CC[C@@H]2CSc2nc(C(=O)O)cs2)cc1. The lowest BCUT2D eigenvalue weighted by molar-refractivity contribution is -0.118. The Kier molecular flexibility index (Phi) is 48.2. The molecule has 0 radical (unpaired) electrons. The number of hydrogen-bond acceptors (Lipinski definition) is 24. The predicted molar refractivity (Wildman–Crippen MR) is 577 cm³/mol. The van der Waals surface area contributed by atoms with Gasteiger partial charge >= 0.3 is 29.8 Å². The van der Waals surface area contributed by atoms with Crippen molar-refractivity contribution in [1.29, 1.82) is 0 Å². The summed E-state index contributed by atoms with van der Waals surface area (Å²) in [6.45, 7) is 11.9. The first kappa shape index (κ1) is 117. The number of thioether (sulfide) groups is 3. The number of amides is 5. The number of rotatable bonds is 52. The number of nitrogens with zero attached hydrogens (tertiary/aromatic N) is 8. The van der Waals surface area contributed by atoms with Crippen LogP contribution in [-0.2, 0) is 46.7 Å². The Morgan fingerprint density at radius 3 is 0.803 bits per heavy atom. The number of carbonyl (C=O) groups is 10. The maximum absolute atomic E-state index is 14.4. The molecule has 5 saturated heterocycles. The standard InChI is InChI=1S/2C23H28FNO4S.2C21H25FN2O3S2.C21H26N2O4S2/c2*1-2-3-4-5-20(24)17-6-8-18(9-7-17)25-19(10-11-22(25)26)14-29-13-16-12-21(23(27)28)30-15-16;2*1-2-3-4-5-17(22)14-6-8-15(9-7-14)24-16(10-11-19(24)25)12-28-21-23-18(13-29-21)20(26)27;1-2-3-4-5-18(24)14-6-8-15(9-7-14)23-16(10-11-19(23)25)12-28-21-22-17(13-29-21)20(26)27/h2*6-9,12,15,19-20H,2-5,10-11,13-14H2,1H3,(H,27,28);2*6-9,13,16-17H,2-5,10-12H2,1H3,(H,26,27);6-9,13,16,18,24H,2-5,10-12H2,1H3,(H,26,27)/t19-,20+;19-,20-;16-,17+;16-,17-;16-,18-/m11111/s1. The summed E-state index contributed by atoms with van der Waals surface area (Å²) in [5.74, 6) is -2.73. The minimum atomic E-state index is -1.04. The Balaban J connectivity index is 0.000000175. The summed E-state index contributed by atoms with van der Waals surface area (Å²) >= 11 is 10.7. The van der Waals surface area contributed by atoms with E-state index in [2.05, 4.69) is 49.6 Å². The van der Waals surface area contributed by atoms with Crippen molar-refractivity contribution in [2.75, 3.05) is 55.0 Å². The van der Waals surface area contributed by atoms with E-state index in [0.717, 1.165) is 167 Å². The summed E-state index contributed by atoms with van der Waals surface area (Å²) in [5, 5.41) is 63.4. The molecule has 5 fully saturated rings. The first-order valence-corrected chi connectivity index (χ1v) is 57.9. The van der Waals surface area contributed by atoms with Crippen LogP contribution in [0.1, 0.15) is 348 Å². The monoisotopic (exact) mass is 2170 g/mol. The van der Waals surface area contributed by atoms with Crippen molar-refractivity contribution < 1.29 is 106 Å². The number of halogens is 4. The number of hydrogen-bond donors (Lipinski definition) is 6. The van der Waals surface area contributed by atoms with Gasteiger partial charge in [-0.1, -0.05) is 227 Å². The van der Waals surface area contributed by atoms with Gasteiger partial charge in [0.2, 0.25) is 29.5 Å². The van der Waals surface area contributed by atoms with E-state index in [4.69, 9.17) is 35.0 Å². The molecule has 5 aromatic heterocycles. The Labute approximate surface area is 889 Å². The number of carbonyl (C=O) groups excluding carboxylic acids is 5. The molecule has 147 heavy (non-hydrogen) atoms. The minimum absolute atomic E-state index is 0.0151. The third-order valence-electron chi connectivity index (χ3n) is 25.8. The first-order chi connectivity index (χ1) is 71.0. The third kappa shape index (κ3) is 35.4. The molecule has 0 bridgehead atoms. The number of aliphatic hydroxyl groups is 1. The molecule has 0 aliphatic carbocycles. The lowest BCUT2D eigenvalue weighted by Crippen LogP contribution is -2.36. The van der Waals surface area contributed by atoms with Gasteiger partial charge in [-0.15, -0.1) is 56.7 Å². The van der Waals surface area contributed by atoms with Gasteiger partial charge in [0.05, 0.1) is 44.6 Å². The summed E-state index contributed by atoms with van der Waals surface area (Å²) in [6.07, 6.45) is 19.7. The van der Waals surface area contributed by atoms with Crippen LogP contribution in [0.4, 0.5) is 46.0 Å². The van der Waals surface area contributed by atoms with E-state index < -0.39 is 60.6 Å². The Morgan fingerprint density at radius 1 is 0.333 bits per heavy atom. The molecule has 10 heterocycles. The van der Waals surface area contributed by atoms with Crippen LogP contribution in [0.2, 0.25) is 0 Å². The summed E-state index contributed by atoms with van der Waals surface area (Å²) in [7, 11) is 0. The molecular formula is C109H132F4N8O18S8. The van der Waals surface area contributed by atoms with Crippen LogP contribution in [0.15, 0.2) is 173 Å². The van der Waals surface area contributed by atoms with Crippen molar-refractivity contribution >= 4 is 180 Å². The number of alkyl halides is 4. The zero-order valence-electron chi connectivity index (χ0n) is 83.5. The number of anilines is 5. The van der Waals surface area contributed by atoms with E-state index in [1.54, 1.807) is 91.0 Å². The normalized spacial score (nSPS) is 17.6. The van der Waals surface area contributed by atoms with Crippen LogP contribution >= 0.6 is 92.0 Å². The molecular weight excluding hydrogens is 2040 g/mol. The van der Waals surface area contributed by atoms with Crippen LogP contribution in [0.5, 0.6) is 0 Å². The highest BCUT2D eigenvalue weighted by molar-refractivity contribution is 8.01. The predicted octanol–water partition coefficient (Wildman–Crippen LogP) is 27.7. The average Bonchev–Trinajstić information content (AvgIpc) is 1.70. The number of aromatic carboxylic acids is 5. The maximum Gasteiger partial charge on any atom is 0.355 e. The van der Waals surface area contributed by atoms with Crippen LogP contribution in [0, 0.1) is 0 Å². The van der Waals surface area contributed by atoms with Crippen molar-refractivity contribution in [3.63, 3.8) is 0 Å². The summed E-state index contributed by atoms with van der Waals surface area (Å²) in [4.78, 5) is 139. The fourth-order valence-electron chi connectivity index (χ4n) is 17.7. The van der Waals surface area contributed by atoms with Gasteiger partial charge < -0.3 is 64.6 Å². The van der Waals surface area contributed by atoms with E-state index in [9.17, 15) is 70.6 Å². The van der Waals surface area contributed by atoms with E-state index in [1.807, 2.05) is 77.7 Å². The van der Waals surface area contributed by atoms with E-state index in [-0.39, 0.29) is 86.6 Å². The third-order valence-corrected chi connectivity index (χ3v) is 34.3. The van der Waals surface area contributed by atoms with E-state index in [1.165, 1.54) is 108 Å². The van der Waals surface area contributed by atoms with Gasteiger partial charge in [-0.25, -0.2) is 56.5 Å². The molecule has 6 N–H and O–H groups in total. The largest absolute Gasteiger partial charge is 0.477 e. The zero-order chi connectivity index (χ0) is 105. The van der Waals surface area contributed by atoms with Crippen molar-refractivity contribution in [3.8, 4) is 0 Å². The number of carboxylic acids is 5. The van der Waals surface area contributed by atoms with Crippen LogP contribution in [0.25, 0.3) is 0 Å². The minimum Gasteiger partial charge on any atom is -0.477 e. The van der Waals surface area contributed by atoms with Crippen molar-refractivity contribution in [1.82, 2.24) is 15.0 Å². The zero-order valence-corrected chi connectivity index (χ0v) is 90.0. The lowest BCUT2D eigenvalue weighted by Gasteiger charge is -2.25. The van der Waals surface area contributed by atoms with Gasteiger partial charge in [0.25, 0.3) is 0 Å². The Hall–Kier alpha value is -10.3. The number of thiazole rings is 3. The van der Waals surface area contributed by atoms with E-state index in [0.29, 0.717) is 150 Å². The molecule has 5 aromatic carbocycles. The highest BCUT2D eigenvalue weighted by Crippen LogP contribution is 2.41. The maximum atomic E-state index is 14.4. The second-order valence-electron chi connectivity index (χ2n) is 36.7. The molecule has 26 nitrogen and oxygen atoms in total. The van der Waals surface area contributed by atoms with Crippen molar-refractivity contribution in [2.24, 2.45) is 0 Å². The van der Waals surface area contributed by atoms with Gasteiger partial charge in [0.1, 0.15) is 34.4 Å². The molecule has 10 aromatic rings. The Bertz CT molecular complexity index is 5380. The number of benzene rings is 5. The molecule has 0 unspecified atom stereocenters. The van der Waals surface area contributed by atoms with E-state index >= 15 is 0 Å². The van der Waals surface area contributed by atoms with Gasteiger partial charge in [-0.05, 0) is 187 Å². The number of ether oxygens (including phenoxy) is 2. The molecule has 0 saturated carbocycles. The fraction of sp³-hybridized carbons (Fsp3) is 0.477. The quantitative estimate of drug-likeness (QED) is 0.0117. The average molecular weight is 2170 g/mol. The van der Waals surface area contributed by atoms with Gasteiger partial charge in [0.15, 0.2) is 30.1 Å². The first-order valence-electron chi connectivity index (χ1n) is 50.5. The lowest BCUT2D eigenvalue weighted by atomic mass is 10.0. The second-order valence-corrected chi connectivity index (χ2v) is 44.9. The number of aliphatic hydroxyl groups excluding tert-OH is 1. The summed E-state index contributed by atoms with van der Waals surface area (Å²) < 4.78 is 71.1. The number of carboxylic acid groups (broad SMARTS) is 5. The molecule has 38 heteroatoms. The van der Waals surface area contributed by atoms with Gasteiger partial charge in [0, 0.05) is 112 Å². The number of thiophene rings is 2. The van der Waals surface area contributed by atoms with Crippen molar-refractivity contribution in [3.05, 3.63) is 226 Å². The number of aromatic nitrogens is 3. The van der Waals surface area contributed by atoms with Crippen LogP contribution in [0.3, 0.4) is 0 Å². The Morgan fingerprint density at radius 2 is 0.571 bits per heavy atom. The highest BCUT2D eigenvalue weighted by atomic mass is 32.2. The summed E-state index contributed by atoms with van der Waals surface area (Å²) in [6, 6.07) is 39.5. The number of unbranched alkanes of at least 4 members (excludes halogenated alkanes) is 10. The molecule has 10 atom stereocenters. The fourth-order valence-corrected chi connectivity index (χ4v) is 25.1. The molecule has 0 spiro atoms. The highest BCUT2D eigenvalue weighted by Gasteiger charge is 2.39. The molecule has 792 valence electrons. The van der Waals surface area contributed by atoms with Gasteiger partial charge in [-0.3, -0.25) is 24.0 Å². The smallest absolute Gasteiger partial charge is 0.355 e. The second kappa shape index (κ2) is 60.6. The molecule has 5 aliphatic rings. The van der Waals surface area contributed by atoms with Crippen LogP contribution < -0.4 is 24.5 Å². The van der Waals surface area contributed by atoms with Crippen LogP contribution in [-0.4, -0.2) is 166 Å². The topological polar surface area (TPSA) is 365 Å². The summed E-state index contributed by atoms with van der Waals surface area (Å²) in [5.41, 5.74) is 9.23. The van der Waals surface area contributed by atoms with Gasteiger partial charge in [-0.2, -0.15) is 0 Å².